The van der Waals surface area contributed by atoms with Gasteiger partial charge in [0.2, 0.25) is 0 Å². The molecule has 8 aromatic carbocycles. The Hall–Kier alpha value is -6.52. The van der Waals surface area contributed by atoms with Gasteiger partial charge in [0.1, 0.15) is 0 Å². The molecule has 10 rings (SSSR count). The van der Waals surface area contributed by atoms with Gasteiger partial charge in [-0.15, -0.1) is 0 Å². The summed E-state index contributed by atoms with van der Waals surface area (Å²) in [6, 6.07) is 53.4. The van der Waals surface area contributed by atoms with E-state index in [1.807, 2.05) is 24.3 Å². The first kappa shape index (κ1) is 30.3. The van der Waals surface area contributed by atoms with Crippen LogP contribution in [0.4, 0.5) is 0 Å². The third kappa shape index (κ3) is 4.83. The lowest BCUT2D eigenvalue weighted by Gasteiger charge is -2.22. The highest BCUT2D eigenvalue weighted by Gasteiger charge is 2.23. The van der Waals surface area contributed by atoms with E-state index in [2.05, 4.69) is 148 Å². The standard InChI is InChI=1S/C48H34N4/c1-48(2,3)33-26-31-22-24-34-38(46-49-40-20-12-10-18-36(40)44(51-46)29-14-6-4-7-15-29)28-39(35-25-23-32(27-33)42(31)43(34)35)47-50-41-21-13-11-19-37(41)45(52-47)30-16-8-5-9-17-30/h4-28H,1-3H3. The fourth-order valence-corrected chi connectivity index (χ4v) is 7.74. The summed E-state index contributed by atoms with van der Waals surface area (Å²) < 4.78 is 0. The lowest BCUT2D eigenvalue weighted by molar-refractivity contribution is 0.591. The Morgan fingerprint density at radius 3 is 1.29 bits per heavy atom. The van der Waals surface area contributed by atoms with Gasteiger partial charge in [0.25, 0.3) is 0 Å². The molecule has 4 nitrogen and oxygen atoms in total. The fourth-order valence-electron chi connectivity index (χ4n) is 7.74. The van der Waals surface area contributed by atoms with Gasteiger partial charge in [0.15, 0.2) is 11.6 Å². The SMILES string of the molecule is CC(C)(C)c1cc2ccc3c(-c4nc(-c5ccccc5)c5ccccc5n4)cc(-c4nc(-c5ccccc5)c5ccccc5n4)c4ccc(c1)c2c34. The molecule has 0 N–H and O–H groups in total. The zero-order valence-electron chi connectivity index (χ0n) is 29.2. The van der Waals surface area contributed by atoms with Crippen LogP contribution in [0.3, 0.4) is 0 Å². The van der Waals surface area contributed by atoms with E-state index >= 15 is 0 Å². The minimum absolute atomic E-state index is 0.0142. The first-order valence-electron chi connectivity index (χ1n) is 17.8. The maximum Gasteiger partial charge on any atom is 0.161 e. The molecule has 52 heavy (non-hydrogen) atoms. The summed E-state index contributed by atoms with van der Waals surface area (Å²) in [5, 5.41) is 9.12. The quantitative estimate of drug-likeness (QED) is 0.175. The predicted molar refractivity (Wildman–Crippen MR) is 217 cm³/mol. The van der Waals surface area contributed by atoms with E-state index in [0.29, 0.717) is 11.6 Å². The minimum atomic E-state index is 0.0142. The van der Waals surface area contributed by atoms with Gasteiger partial charge in [-0.05, 0) is 61.5 Å². The number of rotatable bonds is 4. The predicted octanol–water partition coefficient (Wildman–Crippen LogP) is 12.4. The normalized spacial score (nSPS) is 12.1. The van der Waals surface area contributed by atoms with Crippen LogP contribution in [0.25, 0.3) is 99.4 Å². The van der Waals surface area contributed by atoms with Gasteiger partial charge in [-0.2, -0.15) is 0 Å². The molecule has 0 atom stereocenters. The first-order valence-corrected chi connectivity index (χ1v) is 17.8. The van der Waals surface area contributed by atoms with Crippen molar-refractivity contribution in [2.75, 3.05) is 0 Å². The second-order valence-electron chi connectivity index (χ2n) is 14.7. The number of hydrogen-bond donors (Lipinski definition) is 0. The van der Waals surface area contributed by atoms with Crippen LogP contribution in [0, 0.1) is 0 Å². The highest BCUT2D eigenvalue weighted by Crippen LogP contribution is 2.45. The molecule has 0 aliphatic heterocycles. The highest BCUT2D eigenvalue weighted by molar-refractivity contribution is 6.28. The minimum Gasteiger partial charge on any atom is -0.228 e. The second kappa shape index (κ2) is 11.5. The molecule has 0 unspecified atom stereocenters. The Morgan fingerprint density at radius 2 is 0.827 bits per heavy atom. The monoisotopic (exact) mass is 666 g/mol. The molecule has 0 spiro atoms. The van der Waals surface area contributed by atoms with Crippen molar-refractivity contribution >= 4 is 54.1 Å². The number of para-hydroxylation sites is 2. The molecule has 0 saturated heterocycles. The Kier molecular flexibility index (Phi) is 6.71. The van der Waals surface area contributed by atoms with Crippen LogP contribution in [0.5, 0.6) is 0 Å². The van der Waals surface area contributed by atoms with Crippen molar-refractivity contribution < 1.29 is 0 Å². The van der Waals surface area contributed by atoms with Crippen molar-refractivity contribution in [3.05, 3.63) is 157 Å². The van der Waals surface area contributed by atoms with E-state index in [9.17, 15) is 0 Å². The summed E-state index contributed by atoms with van der Waals surface area (Å²) in [5.41, 5.74) is 8.99. The van der Waals surface area contributed by atoms with E-state index in [1.54, 1.807) is 0 Å². The molecular weight excluding hydrogens is 633 g/mol. The fraction of sp³-hybridized carbons (Fsp3) is 0.0833. The Balaban J connectivity index is 1.34. The van der Waals surface area contributed by atoms with Gasteiger partial charge in [-0.25, -0.2) is 19.9 Å². The van der Waals surface area contributed by atoms with E-state index < -0.39 is 0 Å². The van der Waals surface area contributed by atoms with Crippen molar-refractivity contribution in [3.8, 4) is 45.3 Å². The third-order valence-electron chi connectivity index (χ3n) is 10.4. The molecule has 246 valence electrons. The number of benzene rings is 8. The van der Waals surface area contributed by atoms with Crippen LogP contribution in [0.2, 0.25) is 0 Å². The molecule has 0 amide bonds. The first-order chi connectivity index (χ1) is 25.4. The topological polar surface area (TPSA) is 51.6 Å². The van der Waals surface area contributed by atoms with Crippen LogP contribution >= 0.6 is 0 Å². The van der Waals surface area contributed by atoms with Crippen molar-refractivity contribution in [1.82, 2.24) is 19.9 Å². The third-order valence-corrected chi connectivity index (χ3v) is 10.4. The largest absolute Gasteiger partial charge is 0.228 e. The number of fused-ring (bicyclic) bond motifs is 2. The summed E-state index contributed by atoms with van der Waals surface area (Å²) in [4.78, 5) is 21.3. The van der Waals surface area contributed by atoms with Crippen molar-refractivity contribution in [3.63, 3.8) is 0 Å². The maximum atomic E-state index is 5.37. The molecule has 2 aromatic heterocycles. The second-order valence-corrected chi connectivity index (χ2v) is 14.7. The average Bonchev–Trinajstić information content (AvgIpc) is 3.19. The smallest absolute Gasteiger partial charge is 0.161 e. The summed E-state index contributed by atoms with van der Waals surface area (Å²) in [7, 11) is 0. The Bertz CT molecular complexity index is 2790. The van der Waals surface area contributed by atoms with Crippen LogP contribution in [0.1, 0.15) is 26.3 Å². The van der Waals surface area contributed by atoms with Crippen molar-refractivity contribution in [1.29, 1.82) is 0 Å². The molecule has 0 aliphatic carbocycles. The number of nitrogens with zero attached hydrogens (tertiary/aromatic N) is 4. The molecule has 0 bridgehead atoms. The molecular formula is C48H34N4. The molecule has 0 saturated carbocycles. The van der Waals surface area contributed by atoms with E-state index in [0.717, 1.165) is 66.2 Å². The number of hydrogen-bond acceptors (Lipinski definition) is 4. The molecule has 0 fully saturated rings. The van der Waals surface area contributed by atoms with Crippen LogP contribution in [-0.2, 0) is 5.41 Å². The summed E-state index contributed by atoms with van der Waals surface area (Å²) in [6.45, 7) is 6.83. The highest BCUT2D eigenvalue weighted by atomic mass is 14.9. The molecule has 0 radical (unpaired) electrons. The lowest BCUT2D eigenvalue weighted by atomic mass is 9.82. The van der Waals surface area contributed by atoms with Crippen molar-refractivity contribution in [2.24, 2.45) is 0 Å². The maximum absolute atomic E-state index is 5.37. The average molecular weight is 667 g/mol. The van der Waals surface area contributed by atoms with Gasteiger partial charge < -0.3 is 0 Å². The van der Waals surface area contributed by atoms with Crippen molar-refractivity contribution in [2.45, 2.75) is 26.2 Å². The molecule has 4 heteroatoms. The summed E-state index contributed by atoms with van der Waals surface area (Å²) in [6.07, 6.45) is 0. The zero-order valence-corrected chi connectivity index (χ0v) is 29.2. The number of aromatic nitrogens is 4. The Morgan fingerprint density at radius 1 is 0.385 bits per heavy atom. The molecule has 0 aliphatic rings. The van der Waals surface area contributed by atoms with E-state index in [4.69, 9.17) is 19.9 Å². The summed E-state index contributed by atoms with van der Waals surface area (Å²) >= 11 is 0. The molecule has 2 heterocycles. The van der Waals surface area contributed by atoms with Crippen LogP contribution < -0.4 is 0 Å². The zero-order chi connectivity index (χ0) is 35.0. The lowest BCUT2D eigenvalue weighted by Crippen LogP contribution is -2.10. The van der Waals surface area contributed by atoms with E-state index in [1.165, 1.54) is 27.1 Å². The Labute approximate surface area is 301 Å². The summed E-state index contributed by atoms with van der Waals surface area (Å²) in [5.74, 6) is 1.35. The van der Waals surface area contributed by atoms with Gasteiger partial charge in [0.05, 0.1) is 22.4 Å². The van der Waals surface area contributed by atoms with E-state index in [-0.39, 0.29) is 5.41 Å². The van der Waals surface area contributed by atoms with Gasteiger partial charge in [-0.1, -0.05) is 154 Å². The molecule has 10 aromatic rings. The van der Waals surface area contributed by atoms with Crippen LogP contribution in [-0.4, -0.2) is 19.9 Å². The van der Waals surface area contributed by atoms with Gasteiger partial charge >= 0.3 is 0 Å². The van der Waals surface area contributed by atoms with Gasteiger partial charge in [-0.3, -0.25) is 0 Å². The van der Waals surface area contributed by atoms with Gasteiger partial charge in [0, 0.05) is 33.0 Å². The van der Waals surface area contributed by atoms with Crippen LogP contribution in [0.15, 0.2) is 152 Å².